The third-order valence-corrected chi connectivity index (χ3v) is 4.02. The molecule has 5 nitrogen and oxygen atoms in total. The van der Waals surface area contributed by atoms with Gasteiger partial charge in [-0.3, -0.25) is 10.1 Å². The fourth-order valence-corrected chi connectivity index (χ4v) is 2.61. The maximum atomic E-state index is 11.0. The lowest BCUT2D eigenvalue weighted by molar-refractivity contribution is -0.385. The van der Waals surface area contributed by atoms with Crippen molar-refractivity contribution >= 4 is 11.4 Å². The van der Waals surface area contributed by atoms with Gasteiger partial charge < -0.3 is 10.1 Å². The first-order valence-corrected chi connectivity index (χ1v) is 7.75. The lowest BCUT2D eigenvalue weighted by Crippen LogP contribution is -2.15. The van der Waals surface area contributed by atoms with Gasteiger partial charge in [0.2, 0.25) is 0 Å². The van der Waals surface area contributed by atoms with Crippen LogP contribution in [0.5, 0.6) is 5.75 Å². The SMILES string of the molecule is CCCOc1cc(NCC2(CCC)CC2)ccc1[N+](=O)[O-]. The van der Waals surface area contributed by atoms with Crippen LogP contribution in [0.25, 0.3) is 0 Å². The van der Waals surface area contributed by atoms with Crippen molar-refractivity contribution in [3.63, 3.8) is 0 Å². The maximum absolute atomic E-state index is 11.0. The van der Waals surface area contributed by atoms with Gasteiger partial charge in [-0.05, 0) is 37.2 Å². The van der Waals surface area contributed by atoms with Gasteiger partial charge in [-0.1, -0.05) is 20.3 Å². The second-order valence-electron chi connectivity index (χ2n) is 5.89. The van der Waals surface area contributed by atoms with E-state index in [9.17, 15) is 10.1 Å². The molecule has 116 valence electrons. The molecule has 1 aromatic carbocycles. The monoisotopic (exact) mass is 292 g/mol. The minimum absolute atomic E-state index is 0.0312. The van der Waals surface area contributed by atoms with E-state index >= 15 is 0 Å². The van der Waals surface area contributed by atoms with Crippen LogP contribution in [0.4, 0.5) is 11.4 Å². The van der Waals surface area contributed by atoms with Gasteiger partial charge in [0, 0.05) is 24.4 Å². The molecule has 1 saturated carbocycles. The number of hydrogen-bond donors (Lipinski definition) is 1. The Bertz CT molecular complexity index is 498. The Labute approximate surface area is 125 Å². The van der Waals surface area contributed by atoms with Crippen molar-refractivity contribution in [2.45, 2.75) is 46.0 Å². The van der Waals surface area contributed by atoms with Crippen LogP contribution in [0.3, 0.4) is 0 Å². The number of rotatable bonds is 9. The van der Waals surface area contributed by atoms with Crippen LogP contribution in [0.1, 0.15) is 46.0 Å². The molecule has 0 aromatic heterocycles. The summed E-state index contributed by atoms with van der Waals surface area (Å²) in [5.41, 5.74) is 1.37. The summed E-state index contributed by atoms with van der Waals surface area (Å²) in [4.78, 5) is 10.6. The number of hydrogen-bond acceptors (Lipinski definition) is 4. The number of benzene rings is 1. The van der Waals surface area contributed by atoms with E-state index in [1.807, 2.05) is 6.92 Å². The molecule has 0 saturated heterocycles. The average Bonchev–Trinajstić information content (AvgIpc) is 3.23. The second-order valence-corrected chi connectivity index (χ2v) is 5.89. The molecule has 0 aliphatic heterocycles. The summed E-state index contributed by atoms with van der Waals surface area (Å²) in [7, 11) is 0. The number of nitrogens with one attached hydrogen (secondary N) is 1. The summed E-state index contributed by atoms with van der Waals surface area (Å²) < 4.78 is 5.50. The van der Waals surface area contributed by atoms with Gasteiger partial charge in [0.05, 0.1) is 11.5 Å². The molecule has 0 spiro atoms. The van der Waals surface area contributed by atoms with E-state index in [4.69, 9.17) is 4.74 Å². The van der Waals surface area contributed by atoms with E-state index in [0.717, 1.165) is 18.7 Å². The molecule has 0 radical (unpaired) electrons. The van der Waals surface area contributed by atoms with Gasteiger partial charge in [0.1, 0.15) is 0 Å². The van der Waals surface area contributed by atoms with Gasteiger partial charge >= 0.3 is 5.69 Å². The average molecular weight is 292 g/mol. The molecule has 0 bridgehead atoms. The minimum atomic E-state index is -0.395. The van der Waals surface area contributed by atoms with Gasteiger partial charge in [0.15, 0.2) is 5.75 Å². The topological polar surface area (TPSA) is 64.4 Å². The minimum Gasteiger partial charge on any atom is -0.487 e. The Morgan fingerprint density at radius 3 is 2.67 bits per heavy atom. The lowest BCUT2D eigenvalue weighted by atomic mass is 10.0. The zero-order valence-corrected chi connectivity index (χ0v) is 12.9. The molecular formula is C16H24N2O3. The molecule has 2 rings (SSSR count). The number of nitrogens with zero attached hydrogens (tertiary/aromatic N) is 1. The van der Waals surface area contributed by atoms with E-state index < -0.39 is 4.92 Å². The third kappa shape index (κ3) is 4.09. The number of ether oxygens (including phenoxy) is 1. The molecular weight excluding hydrogens is 268 g/mol. The number of nitro groups is 1. The van der Waals surface area contributed by atoms with Crippen LogP contribution in [0, 0.1) is 15.5 Å². The lowest BCUT2D eigenvalue weighted by Gasteiger charge is -2.16. The zero-order valence-electron chi connectivity index (χ0n) is 12.9. The van der Waals surface area contributed by atoms with Gasteiger partial charge in [-0.2, -0.15) is 0 Å². The standard InChI is InChI=1S/C16H24N2O3/c1-3-7-16(8-9-16)12-17-13-5-6-14(18(19)20)15(11-13)21-10-4-2/h5-6,11,17H,3-4,7-10,12H2,1-2H3. The van der Waals surface area contributed by atoms with Gasteiger partial charge in [-0.15, -0.1) is 0 Å². The van der Waals surface area contributed by atoms with Crippen molar-refractivity contribution in [2.24, 2.45) is 5.41 Å². The Morgan fingerprint density at radius 1 is 1.33 bits per heavy atom. The summed E-state index contributed by atoms with van der Waals surface area (Å²) in [6.45, 7) is 5.62. The molecule has 0 atom stereocenters. The van der Waals surface area contributed by atoms with Gasteiger partial charge in [-0.25, -0.2) is 0 Å². The fourth-order valence-electron chi connectivity index (χ4n) is 2.61. The molecule has 5 heteroatoms. The van der Waals surface area contributed by atoms with Crippen molar-refractivity contribution in [3.8, 4) is 5.75 Å². The molecule has 1 fully saturated rings. The van der Waals surface area contributed by atoms with E-state index in [0.29, 0.717) is 17.8 Å². The van der Waals surface area contributed by atoms with Crippen molar-refractivity contribution in [1.82, 2.24) is 0 Å². The van der Waals surface area contributed by atoms with E-state index in [-0.39, 0.29) is 5.69 Å². The summed E-state index contributed by atoms with van der Waals surface area (Å²) in [5.74, 6) is 0.354. The first-order valence-electron chi connectivity index (χ1n) is 7.75. The first kappa shape index (κ1) is 15.6. The second kappa shape index (κ2) is 6.78. The van der Waals surface area contributed by atoms with E-state index in [2.05, 4.69) is 12.2 Å². The molecule has 1 aromatic rings. The van der Waals surface area contributed by atoms with Crippen LogP contribution in [-0.2, 0) is 0 Å². The first-order chi connectivity index (χ1) is 10.1. The Hall–Kier alpha value is -1.78. The molecule has 0 heterocycles. The number of nitro benzene ring substituents is 1. The molecule has 1 aliphatic rings. The number of anilines is 1. The predicted octanol–water partition coefficient (Wildman–Crippen LogP) is 4.38. The molecule has 0 unspecified atom stereocenters. The highest BCUT2D eigenvalue weighted by molar-refractivity contribution is 5.58. The van der Waals surface area contributed by atoms with E-state index in [1.165, 1.54) is 31.7 Å². The Kier molecular flexibility index (Phi) is 5.04. The van der Waals surface area contributed by atoms with Crippen molar-refractivity contribution in [1.29, 1.82) is 0 Å². The largest absolute Gasteiger partial charge is 0.487 e. The van der Waals surface area contributed by atoms with Crippen molar-refractivity contribution in [2.75, 3.05) is 18.5 Å². The molecule has 1 N–H and O–H groups in total. The van der Waals surface area contributed by atoms with Crippen LogP contribution >= 0.6 is 0 Å². The Morgan fingerprint density at radius 2 is 2.10 bits per heavy atom. The zero-order chi connectivity index (χ0) is 15.3. The molecule has 0 amide bonds. The normalized spacial score (nSPS) is 15.5. The maximum Gasteiger partial charge on any atom is 0.311 e. The van der Waals surface area contributed by atoms with Crippen molar-refractivity contribution < 1.29 is 9.66 Å². The molecule has 21 heavy (non-hydrogen) atoms. The predicted molar refractivity (Wildman–Crippen MR) is 83.9 cm³/mol. The third-order valence-electron chi connectivity index (χ3n) is 4.02. The summed E-state index contributed by atoms with van der Waals surface area (Å²) in [5, 5.41) is 14.4. The van der Waals surface area contributed by atoms with E-state index in [1.54, 1.807) is 12.1 Å². The molecule has 1 aliphatic carbocycles. The summed E-state index contributed by atoms with van der Waals surface area (Å²) in [6.07, 6.45) is 5.83. The van der Waals surface area contributed by atoms with Crippen LogP contribution in [-0.4, -0.2) is 18.1 Å². The van der Waals surface area contributed by atoms with Gasteiger partial charge in [0.25, 0.3) is 0 Å². The highest BCUT2D eigenvalue weighted by Gasteiger charge is 2.41. The quantitative estimate of drug-likeness (QED) is 0.542. The summed E-state index contributed by atoms with van der Waals surface area (Å²) in [6, 6.07) is 5.03. The smallest absolute Gasteiger partial charge is 0.311 e. The summed E-state index contributed by atoms with van der Waals surface area (Å²) >= 11 is 0. The Balaban J connectivity index is 2.04. The fraction of sp³-hybridized carbons (Fsp3) is 0.625. The van der Waals surface area contributed by atoms with Crippen LogP contribution in [0.15, 0.2) is 18.2 Å². The van der Waals surface area contributed by atoms with Crippen LogP contribution < -0.4 is 10.1 Å². The van der Waals surface area contributed by atoms with Crippen LogP contribution in [0.2, 0.25) is 0 Å². The van der Waals surface area contributed by atoms with Crippen molar-refractivity contribution in [3.05, 3.63) is 28.3 Å². The highest BCUT2D eigenvalue weighted by atomic mass is 16.6. The highest BCUT2D eigenvalue weighted by Crippen LogP contribution is 2.49.